The molecule has 2 nitrogen and oxygen atoms in total. The molecule has 0 spiro atoms. The van der Waals surface area contributed by atoms with Gasteiger partial charge >= 0.3 is 6.18 Å². The van der Waals surface area contributed by atoms with E-state index in [2.05, 4.69) is 26.2 Å². The fourth-order valence-corrected chi connectivity index (χ4v) is 1.98. The SMILES string of the molecule is FC(F)(F)c1ccc(Nc2cccc(Br)n2)c(Cl)c1. The van der Waals surface area contributed by atoms with Crippen LogP contribution in [0.4, 0.5) is 24.7 Å². The van der Waals surface area contributed by atoms with Crippen LogP contribution in [0.25, 0.3) is 0 Å². The molecule has 0 saturated heterocycles. The Labute approximate surface area is 120 Å². The van der Waals surface area contributed by atoms with Crippen LogP contribution >= 0.6 is 27.5 Å². The van der Waals surface area contributed by atoms with E-state index < -0.39 is 11.7 Å². The number of rotatable bonds is 2. The van der Waals surface area contributed by atoms with Crippen molar-refractivity contribution in [3.8, 4) is 0 Å². The zero-order chi connectivity index (χ0) is 14.0. The smallest absolute Gasteiger partial charge is 0.339 e. The van der Waals surface area contributed by atoms with Gasteiger partial charge in [-0.1, -0.05) is 17.7 Å². The second kappa shape index (κ2) is 5.38. The van der Waals surface area contributed by atoms with Crippen molar-refractivity contribution >= 4 is 39.0 Å². The maximum Gasteiger partial charge on any atom is 0.416 e. The maximum absolute atomic E-state index is 12.5. The van der Waals surface area contributed by atoms with E-state index in [0.29, 0.717) is 16.1 Å². The van der Waals surface area contributed by atoms with Crippen LogP contribution in [0.3, 0.4) is 0 Å². The first kappa shape index (κ1) is 14.1. The fourth-order valence-electron chi connectivity index (χ4n) is 1.41. The number of nitrogens with one attached hydrogen (secondary N) is 1. The Morgan fingerprint density at radius 2 is 1.89 bits per heavy atom. The summed E-state index contributed by atoms with van der Waals surface area (Å²) >= 11 is 9.02. The average Bonchev–Trinajstić information content (AvgIpc) is 2.30. The summed E-state index contributed by atoms with van der Waals surface area (Å²) < 4.78 is 38.1. The third-order valence-electron chi connectivity index (χ3n) is 2.27. The topological polar surface area (TPSA) is 24.9 Å². The highest BCUT2D eigenvalue weighted by Crippen LogP contribution is 2.34. The van der Waals surface area contributed by atoms with Gasteiger partial charge < -0.3 is 5.32 Å². The third kappa shape index (κ3) is 3.61. The zero-order valence-corrected chi connectivity index (χ0v) is 11.6. The monoisotopic (exact) mass is 350 g/mol. The van der Waals surface area contributed by atoms with Gasteiger partial charge in [-0.05, 0) is 46.3 Å². The molecule has 0 saturated carbocycles. The molecule has 0 fully saturated rings. The van der Waals surface area contributed by atoms with E-state index >= 15 is 0 Å². The van der Waals surface area contributed by atoms with E-state index in [1.54, 1.807) is 18.2 Å². The molecule has 19 heavy (non-hydrogen) atoms. The predicted octanol–water partition coefficient (Wildman–Crippen LogP) is 5.26. The number of benzene rings is 1. The molecule has 0 radical (unpaired) electrons. The Balaban J connectivity index is 2.27. The Bertz CT molecular complexity index is 602. The minimum absolute atomic E-state index is 0.0170. The van der Waals surface area contributed by atoms with Crippen molar-refractivity contribution in [2.24, 2.45) is 0 Å². The van der Waals surface area contributed by atoms with Crippen molar-refractivity contribution in [2.75, 3.05) is 5.32 Å². The molecule has 1 aromatic carbocycles. The molecule has 0 aliphatic heterocycles. The van der Waals surface area contributed by atoms with Crippen LogP contribution in [-0.4, -0.2) is 4.98 Å². The summed E-state index contributed by atoms with van der Waals surface area (Å²) in [5.74, 6) is 0.482. The molecular weight excluding hydrogens is 344 g/mol. The molecule has 0 aliphatic rings. The van der Waals surface area contributed by atoms with Crippen LogP contribution in [-0.2, 0) is 6.18 Å². The van der Waals surface area contributed by atoms with Crippen molar-refractivity contribution in [3.05, 3.63) is 51.6 Å². The van der Waals surface area contributed by atoms with Crippen LogP contribution in [0, 0.1) is 0 Å². The number of aromatic nitrogens is 1. The summed E-state index contributed by atoms with van der Waals surface area (Å²) in [6, 6.07) is 8.28. The molecule has 1 aromatic heterocycles. The number of nitrogens with zero attached hydrogens (tertiary/aromatic N) is 1. The van der Waals surface area contributed by atoms with E-state index in [0.717, 1.165) is 12.1 Å². The molecule has 0 unspecified atom stereocenters. The maximum atomic E-state index is 12.5. The van der Waals surface area contributed by atoms with Gasteiger partial charge in [0.25, 0.3) is 0 Å². The first-order valence-corrected chi connectivity index (χ1v) is 6.30. The van der Waals surface area contributed by atoms with Gasteiger partial charge in [0.1, 0.15) is 10.4 Å². The van der Waals surface area contributed by atoms with Gasteiger partial charge in [-0.25, -0.2) is 4.98 Å². The minimum Gasteiger partial charge on any atom is -0.339 e. The quantitative estimate of drug-likeness (QED) is 0.747. The van der Waals surface area contributed by atoms with E-state index in [-0.39, 0.29) is 5.02 Å². The molecule has 2 rings (SSSR count). The van der Waals surface area contributed by atoms with Gasteiger partial charge in [-0.15, -0.1) is 0 Å². The normalized spacial score (nSPS) is 11.4. The van der Waals surface area contributed by atoms with Crippen LogP contribution in [0.5, 0.6) is 0 Å². The van der Waals surface area contributed by atoms with E-state index in [4.69, 9.17) is 11.6 Å². The van der Waals surface area contributed by atoms with Crippen LogP contribution < -0.4 is 5.32 Å². The Hall–Kier alpha value is -1.27. The lowest BCUT2D eigenvalue weighted by Crippen LogP contribution is -2.05. The molecular formula is C12H7BrClF3N2. The van der Waals surface area contributed by atoms with E-state index in [1.165, 1.54) is 6.07 Å². The zero-order valence-electron chi connectivity index (χ0n) is 9.30. The van der Waals surface area contributed by atoms with Gasteiger partial charge in [0, 0.05) is 0 Å². The van der Waals surface area contributed by atoms with Crippen molar-refractivity contribution in [3.63, 3.8) is 0 Å². The van der Waals surface area contributed by atoms with Crippen LogP contribution in [0.15, 0.2) is 41.0 Å². The van der Waals surface area contributed by atoms with Crippen molar-refractivity contribution < 1.29 is 13.2 Å². The van der Waals surface area contributed by atoms with Gasteiger partial charge in [0.05, 0.1) is 16.3 Å². The second-order valence-electron chi connectivity index (χ2n) is 3.66. The van der Waals surface area contributed by atoms with Gasteiger partial charge in [-0.3, -0.25) is 0 Å². The average molecular weight is 352 g/mol. The number of anilines is 2. The number of halogens is 5. The summed E-state index contributed by atoms with van der Waals surface area (Å²) in [6.07, 6.45) is -4.41. The third-order valence-corrected chi connectivity index (χ3v) is 3.03. The molecule has 0 bridgehead atoms. The first-order chi connectivity index (χ1) is 8.86. The Kier molecular flexibility index (Phi) is 4.01. The van der Waals surface area contributed by atoms with Gasteiger partial charge in [0.15, 0.2) is 0 Å². The predicted molar refractivity (Wildman–Crippen MR) is 71.7 cm³/mol. The molecule has 100 valence electrons. The minimum atomic E-state index is -4.41. The highest BCUT2D eigenvalue weighted by Gasteiger charge is 2.30. The summed E-state index contributed by atoms with van der Waals surface area (Å²) in [4.78, 5) is 4.11. The Morgan fingerprint density at radius 1 is 1.16 bits per heavy atom. The lowest BCUT2D eigenvalue weighted by atomic mass is 10.2. The standard InChI is InChI=1S/C12H7BrClF3N2/c13-10-2-1-3-11(19-10)18-9-5-4-7(6-8(9)14)12(15,16)17/h1-6H,(H,18,19). The Morgan fingerprint density at radius 3 is 2.47 bits per heavy atom. The number of pyridine rings is 1. The van der Waals surface area contributed by atoms with Crippen molar-refractivity contribution in [2.45, 2.75) is 6.18 Å². The van der Waals surface area contributed by atoms with Crippen molar-refractivity contribution in [1.29, 1.82) is 0 Å². The first-order valence-electron chi connectivity index (χ1n) is 5.12. The van der Waals surface area contributed by atoms with Crippen LogP contribution in [0.1, 0.15) is 5.56 Å². The molecule has 0 amide bonds. The lowest BCUT2D eigenvalue weighted by Gasteiger charge is -2.11. The summed E-state index contributed by atoms with van der Waals surface area (Å²) in [7, 11) is 0. The fraction of sp³-hybridized carbons (Fsp3) is 0.0833. The lowest BCUT2D eigenvalue weighted by molar-refractivity contribution is -0.137. The number of alkyl halides is 3. The highest BCUT2D eigenvalue weighted by molar-refractivity contribution is 9.10. The molecule has 0 aliphatic carbocycles. The van der Waals surface area contributed by atoms with Gasteiger partial charge in [0.2, 0.25) is 0 Å². The van der Waals surface area contributed by atoms with E-state index in [9.17, 15) is 13.2 Å². The highest BCUT2D eigenvalue weighted by atomic mass is 79.9. The molecule has 7 heteroatoms. The van der Waals surface area contributed by atoms with Crippen LogP contribution in [0.2, 0.25) is 5.02 Å². The summed E-state index contributed by atoms with van der Waals surface area (Å²) in [5, 5.41) is 2.83. The van der Waals surface area contributed by atoms with Gasteiger partial charge in [-0.2, -0.15) is 13.2 Å². The molecule has 2 aromatic rings. The number of hydrogen-bond acceptors (Lipinski definition) is 2. The van der Waals surface area contributed by atoms with Crippen molar-refractivity contribution in [1.82, 2.24) is 4.98 Å². The largest absolute Gasteiger partial charge is 0.416 e. The molecule has 1 heterocycles. The number of hydrogen-bond donors (Lipinski definition) is 1. The molecule has 0 atom stereocenters. The molecule has 1 N–H and O–H groups in total. The summed E-state index contributed by atoms with van der Waals surface area (Å²) in [5.41, 5.74) is -0.425. The second-order valence-corrected chi connectivity index (χ2v) is 4.88. The summed E-state index contributed by atoms with van der Waals surface area (Å²) in [6.45, 7) is 0. The van der Waals surface area contributed by atoms with E-state index in [1.807, 2.05) is 0 Å².